The van der Waals surface area contributed by atoms with Crippen molar-refractivity contribution in [1.29, 1.82) is 0 Å². The van der Waals surface area contributed by atoms with E-state index in [0.29, 0.717) is 12.1 Å². The lowest BCUT2D eigenvalue weighted by Gasteiger charge is -2.16. The normalized spacial score (nSPS) is 20.6. The fraction of sp³-hybridized carbons (Fsp3) is 0.562. The largest absolute Gasteiger partial charge is 0.441 e. The smallest absolute Gasteiger partial charge is 0.197 e. The van der Waals surface area contributed by atoms with Crippen LogP contribution in [0.25, 0.3) is 11.1 Å². The monoisotopic (exact) mass is 274 g/mol. The summed E-state index contributed by atoms with van der Waals surface area (Å²) >= 11 is 0. The van der Waals surface area contributed by atoms with E-state index in [4.69, 9.17) is 9.15 Å². The Hall–Kier alpha value is -1.39. The van der Waals surface area contributed by atoms with Crippen molar-refractivity contribution in [2.45, 2.75) is 44.2 Å². The van der Waals surface area contributed by atoms with Gasteiger partial charge >= 0.3 is 0 Å². The van der Waals surface area contributed by atoms with Gasteiger partial charge in [-0.05, 0) is 44.9 Å². The summed E-state index contributed by atoms with van der Waals surface area (Å²) in [6.07, 6.45) is 5.91. The van der Waals surface area contributed by atoms with Crippen molar-refractivity contribution >= 4 is 11.1 Å². The summed E-state index contributed by atoms with van der Waals surface area (Å²) in [5.74, 6) is 0.817. The molecule has 0 saturated carbocycles. The van der Waals surface area contributed by atoms with Gasteiger partial charge in [-0.1, -0.05) is 12.1 Å². The highest BCUT2D eigenvalue weighted by Crippen LogP contribution is 2.20. The minimum atomic E-state index is 0.396. The molecule has 2 aromatic rings. The Morgan fingerprint density at radius 1 is 1.40 bits per heavy atom. The van der Waals surface area contributed by atoms with Crippen molar-refractivity contribution in [3.8, 4) is 0 Å². The highest BCUT2D eigenvalue weighted by atomic mass is 16.5. The van der Waals surface area contributed by atoms with Gasteiger partial charge in [-0.25, -0.2) is 4.98 Å². The summed E-state index contributed by atoms with van der Waals surface area (Å²) in [5, 5.41) is 3.36. The van der Waals surface area contributed by atoms with E-state index in [0.717, 1.165) is 42.9 Å². The average Bonchev–Trinajstić information content (AvgIpc) is 3.11. The number of rotatable bonds is 6. The third kappa shape index (κ3) is 3.19. The number of oxazole rings is 1. The van der Waals surface area contributed by atoms with E-state index in [9.17, 15) is 0 Å². The van der Waals surface area contributed by atoms with E-state index < -0.39 is 0 Å². The van der Waals surface area contributed by atoms with Crippen LogP contribution in [0.3, 0.4) is 0 Å². The zero-order chi connectivity index (χ0) is 13.8. The predicted molar refractivity (Wildman–Crippen MR) is 78.8 cm³/mol. The molecule has 1 aromatic carbocycles. The Labute approximate surface area is 119 Å². The summed E-state index contributed by atoms with van der Waals surface area (Å²) in [4.78, 5) is 4.54. The van der Waals surface area contributed by atoms with Gasteiger partial charge in [-0.2, -0.15) is 0 Å². The summed E-state index contributed by atoms with van der Waals surface area (Å²) < 4.78 is 11.5. The molecule has 3 rings (SSSR count). The van der Waals surface area contributed by atoms with Crippen molar-refractivity contribution in [2.75, 3.05) is 13.7 Å². The zero-order valence-electron chi connectivity index (χ0n) is 12.0. The SMILES string of the molecule is CNC(CCC1CCCO1)Cc1nc2ccccc2o1. The molecule has 2 heterocycles. The molecule has 1 N–H and O–H groups in total. The van der Waals surface area contributed by atoms with E-state index in [1.807, 2.05) is 31.3 Å². The summed E-state index contributed by atoms with van der Waals surface area (Å²) in [6.45, 7) is 0.931. The number of aromatic nitrogens is 1. The Bertz CT molecular complexity index is 513. The van der Waals surface area contributed by atoms with Crippen molar-refractivity contribution < 1.29 is 9.15 Å². The summed E-state index contributed by atoms with van der Waals surface area (Å²) in [7, 11) is 2.00. The molecule has 1 aliphatic rings. The molecule has 4 nitrogen and oxygen atoms in total. The van der Waals surface area contributed by atoms with Gasteiger partial charge in [0.1, 0.15) is 5.52 Å². The Morgan fingerprint density at radius 3 is 3.05 bits per heavy atom. The minimum absolute atomic E-state index is 0.396. The molecule has 0 aliphatic carbocycles. The van der Waals surface area contributed by atoms with Gasteiger partial charge in [0, 0.05) is 19.1 Å². The first-order valence-corrected chi connectivity index (χ1v) is 7.48. The van der Waals surface area contributed by atoms with E-state index in [-0.39, 0.29) is 0 Å². The lowest BCUT2D eigenvalue weighted by molar-refractivity contribution is 0.0996. The molecule has 1 aromatic heterocycles. The quantitative estimate of drug-likeness (QED) is 0.880. The van der Waals surface area contributed by atoms with E-state index in [1.165, 1.54) is 12.8 Å². The molecule has 0 bridgehead atoms. The van der Waals surface area contributed by atoms with Crippen LogP contribution >= 0.6 is 0 Å². The molecule has 108 valence electrons. The zero-order valence-corrected chi connectivity index (χ0v) is 12.0. The van der Waals surface area contributed by atoms with Crippen molar-refractivity contribution in [1.82, 2.24) is 10.3 Å². The Balaban J connectivity index is 1.58. The predicted octanol–water partition coefficient (Wildman–Crippen LogP) is 2.92. The van der Waals surface area contributed by atoms with Crippen molar-refractivity contribution in [3.05, 3.63) is 30.2 Å². The van der Waals surface area contributed by atoms with Crippen molar-refractivity contribution in [3.63, 3.8) is 0 Å². The third-order valence-corrected chi connectivity index (χ3v) is 4.03. The lowest BCUT2D eigenvalue weighted by atomic mass is 10.0. The van der Waals surface area contributed by atoms with Crippen LogP contribution in [0.1, 0.15) is 31.6 Å². The number of hydrogen-bond donors (Lipinski definition) is 1. The molecule has 0 spiro atoms. The van der Waals surface area contributed by atoms with Gasteiger partial charge in [0.15, 0.2) is 11.5 Å². The maximum Gasteiger partial charge on any atom is 0.197 e. The topological polar surface area (TPSA) is 47.3 Å². The van der Waals surface area contributed by atoms with Crippen LogP contribution in [0.2, 0.25) is 0 Å². The van der Waals surface area contributed by atoms with Crippen molar-refractivity contribution in [2.24, 2.45) is 0 Å². The van der Waals surface area contributed by atoms with Gasteiger partial charge in [0.05, 0.1) is 6.10 Å². The molecule has 2 unspecified atom stereocenters. The maximum atomic E-state index is 5.79. The van der Waals surface area contributed by atoms with Crippen LogP contribution in [0.15, 0.2) is 28.7 Å². The van der Waals surface area contributed by atoms with E-state index in [2.05, 4.69) is 10.3 Å². The number of benzene rings is 1. The molecule has 0 amide bonds. The lowest BCUT2D eigenvalue weighted by Crippen LogP contribution is -2.29. The molecule has 1 fully saturated rings. The average molecular weight is 274 g/mol. The number of para-hydroxylation sites is 2. The van der Waals surface area contributed by atoms with Crippen LogP contribution < -0.4 is 5.32 Å². The molecule has 1 saturated heterocycles. The van der Waals surface area contributed by atoms with Crippen LogP contribution in [0.4, 0.5) is 0 Å². The Kier molecular flexibility index (Phi) is 4.33. The molecule has 20 heavy (non-hydrogen) atoms. The first-order valence-electron chi connectivity index (χ1n) is 7.48. The second kappa shape index (κ2) is 6.37. The Morgan fingerprint density at radius 2 is 2.30 bits per heavy atom. The van der Waals surface area contributed by atoms with Gasteiger partial charge in [-0.15, -0.1) is 0 Å². The number of nitrogens with zero attached hydrogens (tertiary/aromatic N) is 1. The number of nitrogens with one attached hydrogen (secondary N) is 1. The fourth-order valence-corrected chi connectivity index (χ4v) is 2.83. The molecular weight excluding hydrogens is 252 g/mol. The highest BCUT2D eigenvalue weighted by Gasteiger charge is 2.18. The van der Waals surface area contributed by atoms with Gasteiger partial charge in [0.25, 0.3) is 0 Å². The van der Waals surface area contributed by atoms with Gasteiger partial charge in [0.2, 0.25) is 0 Å². The molecule has 4 heteroatoms. The van der Waals surface area contributed by atoms with Crippen LogP contribution in [0, 0.1) is 0 Å². The van der Waals surface area contributed by atoms with Gasteiger partial charge < -0.3 is 14.5 Å². The summed E-state index contributed by atoms with van der Waals surface area (Å²) in [5.41, 5.74) is 1.81. The molecular formula is C16H22N2O2. The number of hydrogen-bond acceptors (Lipinski definition) is 4. The van der Waals surface area contributed by atoms with Gasteiger partial charge in [-0.3, -0.25) is 0 Å². The minimum Gasteiger partial charge on any atom is -0.441 e. The first kappa shape index (κ1) is 13.6. The third-order valence-electron chi connectivity index (χ3n) is 4.03. The van der Waals surface area contributed by atoms with E-state index >= 15 is 0 Å². The molecule has 0 radical (unpaired) electrons. The molecule has 2 atom stereocenters. The first-order chi connectivity index (χ1) is 9.85. The van der Waals surface area contributed by atoms with Crippen LogP contribution in [0.5, 0.6) is 0 Å². The highest BCUT2D eigenvalue weighted by molar-refractivity contribution is 5.72. The van der Waals surface area contributed by atoms with Crippen LogP contribution in [-0.2, 0) is 11.2 Å². The second-order valence-corrected chi connectivity index (χ2v) is 5.48. The second-order valence-electron chi connectivity index (χ2n) is 5.48. The number of ether oxygens (including phenoxy) is 1. The molecule has 1 aliphatic heterocycles. The number of fused-ring (bicyclic) bond motifs is 1. The standard InChI is InChI=1S/C16H22N2O2/c1-17-12(8-9-13-5-4-10-19-13)11-16-18-14-6-2-3-7-15(14)20-16/h2-3,6-7,12-13,17H,4-5,8-11H2,1H3. The van der Waals surface area contributed by atoms with Crippen LogP contribution in [-0.4, -0.2) is 30.8 Å². The number of likely N-dealkylation sites (N-methyl/N-ethyl adjacent to an activating group) is 1. The maximum absolute atomic E-state index is 5.79. The van der Waals surface area contributed by atoms with E-state index in [1.54, 1.807) is 0 Å². The fourth-order valence-electron chi connectivity index (χ4n) is 2.83. The summed E-state index contributed by atoms with van der Waals surface area (Å²) in [6, 6.07) is 8.31.